The molecule has 1 fully saturated rings. The van der Waals surface area contributed by atoms with Crippen LogP contribution in [0.5, 0.6) is 0 Å². The molecule has 2 aliphatic rings. The number of carbonyl (C=O) groups is 1. The third kappa shape index (κ3) is 2.83. The van der Waals surface area contributed by atoms with Gasteiger partial charge in [0.15, 0.2) is 0 Å². The van der Waals surface area contributed by atoms with Gasteiger partial charge in [0, 0.05) is 43.1 Å². The van der Waals surface area contributed by atoms with Gasteiger partial charge in [-0.2, -0.15) is 11.8 Å². The highest BCUT2D eigenvalue weighted by molar-refractivity contribution is 7.99. The summed E-state index contributed by atoms with van der Waals surface area (Å²) in [5.41, 5.74) is 1.33. The molecule has 6 heteroatoms. The molecule has 1 aromatic carbocycles. The highest BCUT2D eigenvalue weighted by Crippen LogP contribution is 2.18. The summed E-state index contributed by atoms with van der Waals surface area (Å²) < 4.78 is 1.82. The molecule has 2 aromatic rings. The van der Waals surface area contributed by atoms with Crippen molar-refractivity contribution in [3.05, 3.63) is 39.9 Å². The molecule has 126 valence electrons. The molecule has 0 unspecified atom stereocenters. The van der Waals surface area contributed by atoms with Crippen LogP contribution in [0.25, 0.3) is 10.9 Å². The van der Waals surface area contributed by atoms with Gasteiger partial charge in [0.05, 0.1) is 10.9 Å². The second kappa shape index (κ2) is 6.59. The number of hydrogen-bond acceptors (Lipinski definition) is 4. The lowest BCUT2D eigenvalue weighted by Gasteiger charge is -2.26. The van der Waals surface area contributed by atoms with Crippen LogP contribution in [0, 0.1) is 0 Å². The predicted molar refractivity (Wildman–Crippen MR) is 96.8 cm³/mol. The largest absolute Gasteiger partial charge is 0.337 e. The van der Waals surface area contributed by atoms with E-state index in [0.717, 1.165) is 62.6 Å². The Bertz CT molecular complexity index is 840. The van der Waals surface area contributed by atoms with Gasteiger partial charge in [-0.1, -0.05) is 6.42 Å². The average Bonchev–Trinajstić information content (AvgIpc) is 2.87. The number of thioether (sulfide) groups is 1. The van der Waals surface area contributed by atoms with E-state index in [1.807, 2.05) is 21.2 Å². The summed E-state index contributed by atoms with van der Waals surface area (Å²) in [4.78, 5) is 32.0. The number of hydrogen-bond donors (Lipinski definition) is 0. The van der Waals surface area contributed by atoms with Gasteiger partial charge in [0.1, 0.15) is 5.82 Å². The standard InChI is InChI=1S/C18H21N3O2S/c22-17(20-8-10-24-11-9-20)13-5-6-14-15(12-13)19-16-4-2-1-3-7-21(16)18(14)23/h5-6,12H,1-4,7-11H2. The molecule has 0 N–H and O–H groups in total. The average molecular weight is 343 g/mol. The molecule has 24 heavy (non-hydrogen) atoms. The first-order valence-electron chi connectivity index (χ1n) is 8.64. The summed E-state index contributed by atoms with van der Waals surface area (Å²) in [6, 6.07) is 5.35. The summed E-state index contributed by atoms with van der Waals surface area (Å²) in [5.74, 6) is 2.90. The highest BCUT2D eigenvalue weighted by atomic mass is 32.2. The maximum Gasteiger partial charge on any atom is 0.261 e. The quantitative estimate of drug-likeness (QED) is 0.797. The number of fused-ring (bicyclic) bond motifs is 2. The van der Waals surface area contributed by atoms with Crippen LogP contribution in [-0.2, 0) is 13.0 Å². The van der Waals surface area contributed by atoms with Gasteiger partial charge in [0.25, 0.3) is 11.5 Å². The van der Waals surface area contributed by atoms with Crippen molar-refractivity contribution in [3.63, 3.8) is 0 Å². The molecule has 0 bridgehead atoms. The van der Waals surface area contributed by atoms with E-state index in [1.54, 1.807) is 18.2 Å². The van der Waals surface area contributed by atoms with Gasteiger partial charge in [-0.05, 0) is 31.0 Å². The highest BCUT2D eigenvalue weighted by Gasteiger charge is 2.20. The Hall–Kier alpha value is -1.82. The number of amides is 1. The van der Waals surface area contributed by atoms with Crippen LogP contribution in [0.4, 0.5) is 0 Å². The molecule has 0 saturated carbocycles. The number of nitrogens with zero attached hydrogens (tertiary/aromatic N) is 3. The summed E-state index contributed by atoms with van der Waals surface area (Å²) >= 11 is 1.88. The van der Waals surface area contributed by atoms with Crippen LogP contribution in [0.1, 0.15) is 35.4 Å². The zero-order valence-corrected chi connectivity index (χ0v) is 14.5. The van der Waals surface area contributed by atoms with E-state index in [9.17, 15) is 9.59 Å². The normalized spacial score (nSPS) is 18.2. The van der Waals surface area contributed by atoms with E-state index in [1.165, 1.54) is 0 Å². The second-order valence-electron chi connectivity index (χ2n) is 6.43. The van der Waals surface area contributed by atoms with Crippen molar-refractivity contribution >= 4 is 28.6 Å². The lowest BCUT2D eigenvalue weighted by atomic mass is 10.1. The Kier molecular flexibility index (Phi) is 4.31. The maximum atomic E-state index is 12.7. The van der Waals surface area contributed by atoms with Crippen molar-refractivity contribution in [3.8, 4) is 0 Å². The fourth-order valence-corrected chi connectivity index (χ4v) is 4.40. The van der Waals surface area contributed by atoms with Gasteiger partial charge in [-0.25, -0.2) is 4.98 Å². The van der Waals surface area contributed by atoms with Crippen molar-refractivity contribution in [1.29, 1.82) is 0 Å². The minimum Gasteiger partial charge on any atom is -0.337 e. The van der Waals surface area contributed by atoms with E-state index in [0.29, 0.717) is 16.5 Å². The predicted octanol–water partition coefficient (Wildman–Crippen LogP) is 2.31. The summed E-state index contributed by atoms with van der Waals surface area (Å²) in [7, 11) is 0. The van der Waals surface area contributed by atoms with E-state index < -0.39 is 0 Å². The van der Waals surface area contributed by atoms with Crippen molar-refractivity contribution in [2.45, 2.75) is 32.2 Å². The topological polar surface area (TPSA) is 55.2 Å². The molecule has 0 spiro atoms. The summed E-state index contributed by atoms with van der Waals surface area (Å²) in [6.45, 7) is 2.34. The number of rotatable bonds is 1. The third-order valence-electron chi connectivity index (χ3n) is 4.86. The number of carbonyl (C=O) groups excluding carboxylic acids is 1. The summed E-state index contributed by atoms with van der Waals surface area (Å²) in [6.07, 6.45) is 4.08. The lowest BCUT2D eigenvalue weighted by Crippen LogP contribution is -2.37. The monoisotopic (exact) mass is 343 g/mol. The van der Waals surface area contributed by atoms with Crippen molar-refractivity contribution < 1.29 is 4.79 Å². The zero-order valence-electron chi connectivity index (χ0n) is 13.7. The van der Waals surface area contributed by atoms with Crippen LogP contribution in [0.3, 0.4) is 0 Å². The molecular formula is C18H21N3O2S. The minimum absolute atomic E-state index is 0.0327. The van der Waals surface area contributed by atoms with E-state index in [-0.39, 0.29) is 11.5 Å². The summed E-state index contributed by atoms with van der Waals surface area (Å²) in [5, 5.41) is 0.617. The molecule has 1 saturated heterocycles. The molecule has 2 aliphatic heterocycles. The smallest absolute Gasteiger partial charge is 0.261 e. The number of aromatic nitrogens is 2. The lowest BCUT2D eigenvalue weighted by molar-refractivity contribution is 0.0772. The molecule has 0 aliphatic carbocycles. The van der Waals surface area contributed by atoms with Crippen LogP contribution < -0.4 is 5.56 Å². The second-order valence-corrected chi connectivity index (χ2v) is 7.66. The Morgan fingerprint density at radius 2 is 1.92 bits per heavy atom. The molecule has 3 heterocycles. The molecule has 4 rings (SSSR count). The van der Waals surface area contributed by atoms with Gasteiger partial charge in [-0.3, -0.25) is 14.2 Å². The molecule has 0 radical (unpaired) electrons. The van der Waals surface area contributed by atoms with Gasteiger partial charge < -0.3 is 4.90 Å². The Labute approximate surface area is 145 Å². The van der Waals surface area contributed by atoms with Crippen LogP contribution in [0.2, 0.25) is 0 Å². The Morgan fingerprint density at radius 1 is 1.08 bits per heavy atom. The SMILES string of the molecule is O=C(c1ccc2c(=O)n3c(nc2c1)CCCCC3)N1CCSCC1. The molecule has 5 nitrogen and oxygen atoms in total. The van der Waals surface area contributed by atoms with E-state index in [4.69, 9.17) is 4.98 Å². The molecular weight excluding hydrogens is 322 g/mol. The van der Waals surface area contributed by atoms with Crippen molar-refractivity contribution in [2.24, 2.45) is 0 Å². The van der Waals surface area contributed by atoms with Crippen LogP contribution in [-0.4, -0.2) is 45.0 Å². The zero-order chi connectivity index (χ0) is 16.5. The van der Waals surface area contributed by atoms with Gasteiger partial charge >= 0.3 is 0 Å². The molecule has 0 atom stereocenters. The van der Waals surface area contributed by atoms with Crippen LogP contribution in [0.15, 0.2) is 23.0 Å². The van der Waals surface area contributed by atoms with Crippen molar-refractivity contribution in [2.75, 3.05) is 24.6 Å². The Morgan fingerprint density at radius 3 is 2.75 bits per heavy atom. The first-order valence-corrected chi connectivity index (χ1v) is 9.80. The van der Waals surface area contributed by atoms with Gasteiger partial charge in [0.2, 0.25) is 0 Å². The van der Waals surface area contributed by atoms with E-state index in [2.05, 4.69) is 0 Å². The fourth-order valence-electron chi connectivity index (χ4n) is 3.50. The van der Waals surface area contributed by atoms with Gasteiger partial charge in [-0.15, -0.1) is 0 Å². The fraction of sp³-hybridized carbons (Fsp3) is 0.500. The van der Waals surface area contributed by atoms with E-state index >= 15 is 0 Å². The number of aryl methyl sites for hydroxylation is 1. The molecule has 1 amide bonds. The third-order valence-corrected chi connectivity index (χ3v) is 5.80. The van der Waals surface area contributed by atoms with Crippen LogP contribution >= 0.6 is 11.8 Å². The van der Waals surface area contributed by atoms with Crippen molar-refractivity contribution in [1.82, 2.24) is 14.5 Å². The Balaban J connectivity index is 1.75. The first-order chi connectivity index (χ1) is 11.7. The minimum atomic E-state index is 0.0327. The number of benzene rings is 1. The first kappa shape index (κ1) is 15.7. The molecule has 1 aromatic heterocycles. The maximum absolute atomic E-state index is 12.7.